The molecule has 1 aromatic carbocycles. The molecule has 0 spiro atoms. The fourth-order valence-corrected chi connectivity index (χ4v) is 1.59. The largest absolute Gasteiger partial charge is 0.424 e. The van der Waals surface area contributed by atoms with Gasteiger partial charge in [-0.2, -0.15) is 13.2 Å². The Morgan fingerprint density at radius 3 is 2.27 bits per heavy atom. The van der Waals surface area contributed by atoms with Crippen LogP contribution in [0, 0.1) is 0 Å². The number of alkyl halides is 3. The van der Waals surface area contributed by atoms with Crippen molar-refractivity contribution in [2.75, 3.05) is 0 Å². The fourth-order valence-electron chi connectivity index (χ4n) is 1.59. The summed E-state index contributed by atoms with van der Waals surface area (Å²) >= 11 is 0. The quantitative estimate of drug-likeness (QED) is 0.543. The third-order valence-corrected chi connectivity index (χ3v) is 2.49. The molecule has 0 radical (unpaired) electrons. The zero-order valence-corrected chi connectivity index (χ0v) is 7.79. The summed E-state index contributed by atoms with van der Waals surface area (Å²) in [6, 6.07) is 8.33. The summed E-state index contributed by atoms with van der Waals surface area (Å²) in [5, 5.41) is 0. The van der Waals surface area contributed by atoms with E-state index in [9.17, 15) is 13.2 Å². The molecular formula is C11H9F3O. The van der Waals surface area contributed by atoms with Crippen LogP contribution in [0.1, 0.15) is 11.7 Å². The van der Waals surface area contributed by atoms with Crippen LogP contribution in [-0.2, 0) is 4.74 Å². The molecule has 0 amide bonds. The number of epoxide rings is 1. The minimum atomic E-state index is -4.41. The van der Waals surface area contributed by atoms with Crippen LogP contribution < -0.4 is 0 Å². The number of hydrogen-bond donors (Lipinski definition) is 0. The molecule has 0 unspecified atom stereocenters. The molecule has 15 heavy (non-hydrogen) atoms. The van der Waals surface area contributed by atoms with Gasteiger partial charge in [0.15, 0.2) is 0 Å². The van der Waals surface area contributed by atoms with E-state index in [1.807, 2.05) is 0 Å². The Labute approximate surface area is 85.2 Å². The van der Waals surface area contributed by atoms with E-state index in [-0.39, 0.29) is 0 Å². The first kappa shape index (κ1) is 10.2. The standard InChI is InChI=1S/C11H9F3O/c1-2-10(11(12,13)14)9(15-10)8-6-4-3-5-7-8/h2-7,9H,1H2/t9-,10+/m0/s1. The Balaban J connectivity index is 2.28. The maximum atomic E-state index is 12.6. The molecular weight excluding hydrogens is 205 g/mol. The number of halogens is 3. The predicted octanol–water partition coefficient (Wildman–Crippen LogP) is 3.25. The first-order valence-corrected chi connectivity index (χ1v) is 4.44. The minimum absolute atomic E-state index is 0.523. The van der Waals surface area contributed by atoms with E-state index in [2.05, 4.69) is 6.58 Å². The lowest BCUT2D eigenvalue weighted by Crippen LogP contribution is -2.31. The Morgan fingerprint density at radius 1 is 1.27 bits per heavy atom. The first-order valence-electron chi connectivity index (χ1n) is 4.44. The van der Waals surface area contributed by atoms with Crippen molar-refractivity contribution in [3.63, 3.8) is 0 Å². The van der Waals surface area contributed by atoms with Gasteiger partial charge in [0, 0.05) is 0 Å². The number of hydrogen-bond acceptors (Lipinski definition) is 1. The Kier molecular flexibility index (Phi) is 2.12. The Morgan fingerprint density at radius 2 is 1.87 bits per heavy atom. The second-order valence-electron chi connectivity index (χ2n) is 3.40. The number of rotatable bonds is 2. The van der Waals surface area contributed by atoms with Crippen LogP contribution in [0.15, 0.2) is 43.0 Å². The van der Waals surface area contributed by atoms with Crippen LogP contribution in [0.25, 0.3) is 0 Å². The molecule has 2 atom stereocenters. The van der Waals surface area contributed by atoms with Gasteiger partial charge in [0.25, 0.3) is 0 Å². The molecule has 1 saturated heterocycles. The highest BCUT2D eigenvalue weighted by atomic mass is 19.4. The van der Waals surface area contributed by atoms with E-state index < -0.39 is 17.9 Å². The van der Waals surface area contributed by atoms with E-state index in [4.69, 9.17) is 4.74 Å². The molecule has 2 rings (SSSR count). The average Bonchev–Trinajstić information content (AvgIpc) is 2.94. The molecule has 4 heteroatoms. The topological polar surface area (TPSA) is 12.5 Å². The maximum absolute atomic E-state index is 12.6. The van der Waals surface area contributed by atoms with Crippen molar-refractivity contribution in [3.05, 3.63) is 48.6 Å². The molecule has 0 aliphatic carbocycles. The summed E-state index contributed by atoms with van der Waals surface area (Å²) in [4.78, 5) is 0. The van der Waals surface area contributed by atoms with Crippen molar-refractivity contribution in [1.82, 2.24) is 0 Å². The SMILES string of the molecule is C=C[C@@]1(C(F)(F)F)O[C@H]1c1ccccc1. The van der Waals surface area contributed by atoms with Gasteiger partial charge in [-0.25, -0.2) is 0 Å². The molecule has 1 aliphatic heterocycles. The maximum Gasteiger partial charge on any atom is 0.424 e. The second kappa shape index (κ2) is 3.10. The van der Waals surface area contributed by atoms with Gasteiger partial charge in [0.2, 0.25) is 5.60 Å². The number of benzene rings is 1. The molecule has 1 aromatic rings. The summed E-state index contributed by atoms with van der Waals surface area (Å²) in [5.74, 6) is 0. The lowest BCUT2D eigenvalue weighted by Gasteiger charge is -2.11. The van der Waals surface area contributed by atoms with Crippen molar-refractivity contribution in [3.8, 4) is 0 Å². The summed E-state index contributed by atoms with van der Waals surface area (Å²) < 4.78 is 42.7. The molecule has 1 aliphatic rings. The van der Waals surface area contributed by atoms with Crippen LogP contribution in [0.3, 0.4) is 0 Å². The highest BCUT2D eigenvalue weighted by Gasteiger charge is 2.71. The van der Waals surface area contributed by atoms with Gasteiger partial charge in [-0.15, -0.1) is 0 Å². The molecule has 0 saturated carbocycles. The van der Waals surface area contributed by atoms with Gasteiger partial charge >= 0.3 is 6.18 Å². The van der Waals surface area contributed by atoms with Gasteiger partial charge < -0.3 is 4.74 Å². The van der Waals surface area contributed by atoms with Gasteiger partial charge in [-0.3, -0.25) is 0 Å². The smallest absolute Gasteiger partial charge is 0.347 e. The lowest BCUT2D eigenvalue weighted by atomic mass is 9.99. The highest BCUT2D eigenvalue weighted by molar-refractivity contribution is 5.32. The molecule has 0 aromatic heterocycles. The van der Waals surface area contributed by atoms with Crippen molar-refractivity contribution in [2.45, 2.75) is 17.9 Å². The van der Waals surface area contributed by atoms with E-state index in [0.717, 1.165) is 6.08 Å². The average molecular weight is 214 g/mol. The summed E-state index contributed by atoms with van der Waals surface area (Å²) in [6.45, 7) is 3.19. The van der Waals surface area contributed by atoms with Crippen molar-refractivity contribution < 1.29 is 17.9 Å². The zero-order valence-electron chi connectivity index (χ0n) is 7.79. The molecule has 80 valence electrons. The zero-order chi connectivity index (χ0) is 11.1. The third kappa shape index (κ3) is 1.45. The van der Waals surface area contributed by atoms with E-state index in [1.54, 1.807) is 30.3 Å². The minimum Gasteiger partial charge on any atom is -0.347 e. The van der Waals surface area contributed by atoms with Gasteiger partial charge in [-0.05, 0) is 11.6 Å². The predicted molar refractivity (Wildman–Crippen MR) is 49.3 cm³/mol. The van der Waals surface area contributed by atoms with Crippen LogP contribution >= 0.6 is 0 Å². The highest BCUT2D eigenvalue weighted by Crippen LogP contribution is 2.59. The third-order valence-electron chi connectivity index (χ3n) is 2.49. The van der Waals surface area contributed by atoms with Crippen LogP contribution in [-0.4, -0.2) is 11.8 Å². The van der Waals surface area contributed by atoms with Gasteiger partial charge in [0.1, 0.15) is 6.10 Å². The van der Waals surface area contributed by atoms with Crippen LogP contribution in [0.4, 0.5) is 13.2 Å². The Bertz CT molecular complexity index is 371. The summed E-state index contributed by atoms with van der Waals surface area (Å²) in [5.41, 5.74) is -1.66. The lowest BCUT2D eigenvalue weighted by molar-refractivity contribution is -0.169. The van der Waals surface area contributed by atoms with E-state index >= 15 is 0 Å². The molecule has 0 bridgehead atoms. The van der Waals surface area contributed by atoms with E-state index in [0.29, 0.717) is 5.56 Å². The Hall–Kier alpha value is -1.29. The number of ether oxygens (including phenoxy) is 1. The second-order valence-corrected chi connectivity index (χ2v) is 3.40. The molecule has 1 fully saturated rings. The fraction of sp³-hybridized carbons (Fsp3) is 0.273. The summed E-state index contributed by atoms with van der Waals surface area (Å²) in [7, 11) is 0. The van der Waals surface area contributed by atoms with Crippen LogP contribution in [0.5, 0.6) is 0 Å². The van der Waals surface area contributed by atoms with Crippen molar-refractivity contribution in [2.24, 2.45) is 0 Å². The molecule has 0 N–H and O–H groups in total. The van der Waals surface area contributed by atoms with Crippen molar-refractivity contribution >= 4 is 0 Å². The van der Waals surface area contributed by atoms with Gasteiger partial charge in [-0.1, -0.05) is 36.9 Å². The molecule has 1 heterocycles. The molecule has 1 nitrogen and oxygen atoms in total. The normalized spacial score (nSPS) is 29.9. The summed E-state index contributed by atoms with van der Waals surface area (Å²) in [6.07, 6.45) is -4.53. The van der Waals surface area contributed by atoms with Crippen LogP contribution in [0.2, 0.25) is 0 Å². The van der Waals surface area contributed by atoms with Gasteiger partial charge in [0.05, 0.1) is 0 Å². The van der Waals surface area contributed by atoms with E-state index in [1.165, 1.54) is 0 Å². The first-order chi connectivity index (χ1) is 7.01. The van der Waals surface area contributed by atoms with Crippen molar-refractivity contribution in [1.29, 1.82) is 0 Å². The monoisotopic (exact) mass is 214 g/mol.